The number of piperidine rings is 1. The van der Waals surface area contributed by atoms with E-state index in [1.54, 1.807) is 0 Å². The molecule has 0 aromatic carbocycles. The molecule has 0 aromatic rings. The minimum atomic E-state index is -0.435. The molecule has 0 radical (unpaired) electrons. The third-order valence-electron chi connectivity index (χ3n) is 5.90. The minimum absolute atomic E-state index is 0.144. The molecular formula is C21H38N4O2. The fourth-order valence-electron chi connectivity index (χ4n) is 4.68. The van der Waals surface area contributed by atoms with Crippen molar-refractivity contribution < 1.29 is 9.53 Å². The summed E-state index contributed by atoms with van der Waals surface area (Å²) in [5.74, 6) is 1.76. The summed E-state index contributed by atoms with van der Waals surface area (Å²) in [6, 6.07) is 1.53. The van der Waals surface area contributed by atoms with E-state index < -0.39 is 5.60 Å². The third kappa shape index (κ3) is 5.29. The van der Waals surface area contributed by atoms with Crippen LogP contribution in [0.4, 0.5) is 4.79 Å². The van der Waals surface area contributed by atoms with E-state index in [1.807, 2.05) is 25.7 Å². The number of nitrogens with zero attached hydrogens (tertiary/aromatic N) is 2. The smallest absolute Gasteiger partial charge is 0.410 e. The van der Waals surface area contributed by atoms with Gasteiger partial charge in [-0.1, -0.05) is 13.3 Å². The van der Waals surface area contributed by atoms with E-state index in [-0.39, 0.29) is 18.2 Å². The quantitative estimate of drug-likeness (QED) is 0.566. The highest BCUT2D eigenvalue weighted by Gasteiger charge is 2.45. The Morgan fingerprint density at radius 3 is 2.33 bits per heavy atom. The van der Waals surface area contributed by atoms with Crippen molar-refractivity contribution in [2.45, 2.75) is 109 Å². The number of carbonyl (C=O) groups is 1. The van der Waals surface area contributed by atoms with Crippen LogP contribution in [-0.4, -0.2) is 53.3 Å². The number of carbonyl (C=O) groups excluding carboxylic acids is 1. The first-order valence-electron chi connectivity index (χ1n) is 10.9. The molecule has 1 aliphatic carbocycles. The molecule has 3 fully saturated rings. The molecule has 4 unspecified atom stereocenters. The van der Waals surface area contributed by atoms with Crippen LogP contribution in [0, 0.1) is 5.92 Å². The topological polar surface area (TPSA) is 66.0 Å². The minimum Gasteiger partial charge on any atom is -0.444 e. The van der Waals surface area contributed by atoms with Crippen LogP contribution in [0.25, 0.3) is 0 Å². The van der Waals surface area contributed by atoms with E-state index >= 15 is 0 Å². The molecule has 2 aliphatic heterocycles. The first-order chi connectivity index (χ1) is 12.8. The molecule has 3 aliphatic rings. The van der Waals surface area contributed by atoms with Crippen LogP contribution in [0.15, 0.2) is 4.99 Å². The van der Waals surface area contributed by atoms with E-state index in [2.05, 4.69) is 29.5 Å². The predicted octanol–water partition coefficient (Wildman–Crippen LogP) is 3.66. The molecule has 3 rings (SSSR count). The number of aliphatic imine (C=N–C) groups is 1. The Morgan fingerprint density at radius 2 is 1.78 bits per heavy atom. The van der Waals surface area contributed by atoms with Crippen molar-refractivity contribution in [2.75, 3.05) is 6.54 Å². The van der Waals surface area contributed by atoms with Crippen LogP contribution in [0.2, 0.25) is 0 Å². The van der Waals surface area contributed by atoms with Crippen LogP contribution in [-0.2, 0) is 4.74 Å². The van der Waals surface area contributed by atoms with Crippen LogP contribution in [0.5, 0.6) is 0 Å². The fourth-order valence-corrected chi connectivity index (χ4v) is 4.68. The largest absolute Gasteiger partial charge is 0.444 e. The summed E-state index contributed by atoms with van der Waals surface area (Å²) >= 11 is 0. The van der Waals surface area contributed by atoms with Gasteiger partial charge in [0.1, 0.15) is 5.60 Å². The first kappa shape index (κ1) is 20.3. The lowest BCUT2D eigenvalue weighted by Crippen LogP contribution is -2.55. The van der Waals surface area contributed by atoms with Gasteiger partial charge in [0.25, 0.3) is 0 Å². The van der Waals surface area contributed by atoms with Crippen LogP contribution < -0.4 is 10.6 Å². The second kappa shape index (κ2) is 8.27. The zero-order valence-corrected chi connectivity index (χ0v) is 17.8. The monoisotopic (exact) mass is 378 g/mol. The molecule has 154 valence electrons. The summed E-state index contributed by atoms with van der Waals surface area (Å²) in [5.41, 5.74) is -0.435. The van der Waals surface area contributed by atoms with Gasteiger partial charge in [0.05, 0.1) is 0 Å². The Kier molecular flexibility index (Phi) is 6.21. The number of hydrogen-bond donors (Lipinski definition) is 2. The molecule has 0 aromatic heterocycles. The van der Waals surface area contributed by atoms with Crippen LogP contribution in [0.3, 0.4) is 0 Å². The zero-order chi connectivity index (χ0) is 19.6. The molecule has 6 nitrogen and oxygen atoms in total. The lowest BCUT2D eigenvalue weighted by Gasteiger charge is -2.40. The van der Waals surface area contributed by atoms with Gasteiger partial charge >= 0.3 is 6.09 Å². The van der Waals surface area contributed by atoms with Gasteiger partial charge in [0, 0.05) is 30.7 Å². The molecule has 2 bridgehead atoms. The highest BCUT2D eigenvalue weighted by Crippen LogP contribution is 2.37. The normalized spacial score (nSPS) is 33.0. The Labute approximate surface area is 164 Å². The summed E-state index contributed by atoms with van der Waals surface area (Å²) in [5, 5.41) is 7.28. The molecule has 1 saturated carbocycles. The highest BCUT2D eigenvalue weighted by molar-refractivity contribution is 5.81. The van der Waals surface area contributed by atoms with Gasteiger partial charge in [-0.25, -0.2) is 4.79 Å². The lowest BCUT2D eigenvalue weighted by atomic mass is 9.98. The van der Waals surface area contributed by atoms with Crippen molar-refractivity contribution in [1.29, 1.82) is 0 Å². The fraction of sp³-hybridized carbons (Fsp3) is 0.905. The van der Waals surface area contributed by atoms with Crippen molar-refractivity contribution >= 4 is 12.1 Å². The van der Waals surface area contributed by atoms with Gasteiger partial charge in [-0.05, 0) is 72.1 Å². The van der Waals surface area contributed by atoms with Gasteiger partial charge in [-0.2, -0.15) is 0 Å². The molecule has 27 heavy (non-hydrogen) atoms. The van der Waals surface area contributed by atoms with Gasteiger partial charge < -0.3 is 20.3 Å². The first-order valence-corrected chi connectivity index (χ1v) is 10.9. The average Bonchev–Trinajstić information content (AvgIpc) is 3.21. The van der Waals surface area contributed by atoms with E-state index in [4.69, 9.17) is 4.74 Å². The predicted molar refractivity (Wildman–Crippen MR) is 109 cm³/mol. The van der Waals surface area contributed by atoms with Crippen molar-refractivity contribution in [3.05, 3.63) is 0 Å². The third-order valence-corrected chi connectivity index (χ3v) is 5.90. The Bertz CT molecular complexity index is 543. The summed E-state index contributed by atoms with van der Waals surface area (Å²) in [4.78, 5) is 19.3. The molecule has 4 atom stereocenters. The maximum absolute atomic E-state index is 12.6. The highest BCUT2D eigenvalue weighted by atomic mass is 16.6. The molecule has 0 spiro atoms. The number of amides is 1. The number of nitrogens with one attached hydrogen (secondary N) is 2. The van der Waals surface area contributed by atoms with Crippen LogP contribution in [0.1, 0.15) is 79.6 Å². The van der Waals surface area contributed by atoms with Gasteiger partial charge in [-0.3, -0.25) is 4.99 Å². The Hall–Kier alpha value is -1.46. The molecule has 2 heterocycles. The summed E-state index contributed by atoms with van der Waals surface area (Å²) in [7, 11) is 0. The molecule has 2 N–H and O–H groups in total. The second-order valence-electron chi connectivity index (χ2n) is 9.44. The lowest BCUT2D eigenvalue weighted by molar-refractivity contribution is 0.00545. The molecular weight excluding hydrogens is 340 g/mol. The van der Waals surface area contributed by atoms with E-state index in [9.17, 15) is 4.79 Å². The SMILES string of the molecule is CCCC1CC1NC(=NCC)NC1CC2CCC(C1)N2C(=O)OC(C)(C)C. The van der Waals surface area contributed by atoms with Gasteiger partial charge in [0.2, 0.25) is 0 Å². The molecule has 6 heteroatoms. The van der Waals surface area contributed by atoms with E-state index in [0.717, 1.165) is 44.1 Å². The zero-order valence-electron chi connectivity index (χ0n) is 17.8. The van der Waals surface area contributed by atoms with Gasteiger partial charge in [0.15, 0.2) is 5.96 Å². The Morgan fingerprint density at radius 1 is 1.11 bits per heavy atom. The van der Waals surface area contributed by atoms with Gasteiger partial charge in [-0.15, -0.1) is 0 Å². The number of hydrogen-bond acceptors (Lipinski definition) is 3. The maximum atomic E-state index is 12.6. The summed E-state index contributed by atoms with van der Waals surface area (Å²) in [6.45, 7) is 10.9. The van der Waals surface area contributed by atoms with Crippen molar-refractivity contribution in [3.8, 4) is 0 Å². The second-order valence-corrected chi connectivity index (χ2v) is 9.44. The number of guanidine groups is 1. The number of fused-ring (bicyclic) bond motifs is 2. The number of ether oxygens (including phenoxy) is 1. The van der Waals surface area contributed by atoms with Crippen molar-refractivity contribution in [1.82, 2.24) is 15.5 Å². The average molecular weight is 379 g/mol. The van der Waals surface area contributed by atoms with Crippen molar-refractivity contribution in [2.24, 2.45) is 10.9 Å². The Balaban J connectivity index is 1.54. The summed E-state index contributed by atoms with van der Waals surface area (Å²) < 4.78 is 5.64. The van der Waals surface area contributed by atoms with E-state index in [1.165, 1.54) is 19.3 Å². The van der Waals surface area contributed by atoms with Crippen molar-refractivity contribution in [3.63, 3.8) is 0 Å². The molecule has 1 amide bonds. The molecule has 2 saturated heterocycles. The maximum Gasteiger partial charge on any atom is 0.410 e. The number of rotatable bonds is 5. The van der Waals surface area contributed by atoms with Crippen LogP contribution >= 0.6 is 0 Å². The standard InChI is InChI=1S/C21H38N4O2/c1-6-8-14-11-18(14)24-19(22-7-2)23-15-12-16-9-10-17(13-15)25(16)20(26)27-21(3,4)5/h14-18H,6-13H2,1-5H3,(H2,22,23,24). The van der Waals surface area contributed by atoms with E-state index in [0.29, 0.717) is 12.1 Å². The summed E-state index contributed by atoms with van der Waals surface area (Å²) in [6.07, 6.45) is 7.79.